The van der Waals surface area contributed by atoms with Crippen molar-refractivity contribution in [3.05, 3.63) is 0 Å². The van der Waals surface area contributed by atoms with E-state index in [1.165, 1.54) is 20.8 Å². The Kier molecular flexibility index (Phi) is 7.57. The van der Waals surface area contributed by atoms with Gasteiger partial charge in [-0.1, -0.05) is 11.6 Å². The van der Waals surface area contributed by atoms with Crippen LogP contribution in [0.15, 0.2) is 0 Å². The van der Waals surface area contributed by atoms with Gasteiger partial charge in [-0.05, 0) is 0 Å². The van der Waals surface area contributed by atoms with Gasteiger partial charge in [0, 0.05) is 27.2 Å². The van der Waals surface area contributed by atoms with Crippen LogP contribution in [0.3, 0.4) is 0 Å². The molecule has 1 saturated heterocycles. The zero-order chi connectivity index (χ0) is 16.7. The summed E-state index contributed by atoms with van der Waals surface area (Å²) < 4.78 is 25.9. The summed E-state index contributed by atoms with van der Waals surface area (Å²) in [6.45, 7) is 3.51. The molecule has 0 saturated carbocycles. The minimum atomic E-state index is -0.907. The van der Waals surface area contributed by atoms with E-state index >= 15 is 0 Å². The second-order valence-electron chi connectivity index (χ2n) is 4.64. The lowest BCUT2D eigenvalue weighted by atomic mass is 10.0. The molecule has 0 N–H and O–H groups in total. The van der Waals surface area contributed by atoms with Crippen LogP contribution in [0.5, 0.6) is 0 Å². The van der Waals surface area contributed by atoms with Gasteiger partial charge in [0.2, 0.25) is 0 Å². The minimum Gasteiger partial charge on any atom is -0.463 e. The molecule has 0 aromatic heterocycles. The molecule has 1 fully saturated rings. The number of rotatable bonds is 6. The van der Waals surface area contributed by atoms with Crippen LogP contribution in [0.4, 0.5) is 0 Å². The van der Waals surface area contributed by atoms with Crippen LogP contribution < -0.4 is 0 Å². The van der Waals surface area contributed by atoms with Crippen LogP contribution in [0.2, 0.25) is 0 Å². The standard InChI is InChI=1S/C13H19ClO8/c1-7(15)18-5-11-13(21-9(3)17)10(20-8(2)16)4-12(22-11)19-6-14/h10-13H,4-6H2,1-3H3/t10-,11-,12-,13-/m1/s1. The third kappa shape index (κ3) is 6.17. The number of esters is 3. The van der Waals surface area contributed by atoms with Gasteiger partial charge in [0.15, 0.2) is 12.4 Å². The molecule has 1 aliphatic heterocycles. The fraction of sp³-hybridized carbons (Fsp3) is 0.769. The molecule has 22 heavy (non-hydrogen) atoms. The Labute approximate surface area is 132 Å². The summed E-state index contributed by atoms with van der Waals surface area (Å²) in [6.07, 6.45) is -3.16. The Hall–Kier alpha value is -1.38. The molecule has 126 valence electrons. The first-order valence-electron chi connectivity index (χ1n) is 6.64. The van der Waals surface area contributed by atoms with Crippen molar-refractivity contribution in [3.63, 3.8) is 0 Å². The third-order valence-electron chi connectivity index (χ3n) is 2.80. The second-order valence-corrected chi connectivity index (χ2v) is 4.86. The molecule has 0 radical (unpaired) electrons. The maximum Gasteiger partial charge on any atom is 0.303 e. The summed E-state index contributed by atoms with van der Waals surface area (Å²) in [7, 11) is 0. The lowest BCUT2D eigenvalue weighted by molar-refractivity contribution is -0.262. The Balaban J connectivity index is 2.89. The summed E-state index contributed by atoms with van der Waals surface area (Å²) in [5.74, 6) is -1.63. The lowest BCUT2D eigenvalue weighted by Crippen LogP contribution is -2.54. The molecule has 0 aromatic rings. The monoisotopic (exact) mass is 338 g/mol. The SMILES string of the molecule is CC(=O)OC[C@H]1O[C@@H](OCCl)C[C@@H](OC(C)=O)[C@H]1OC(C)=O. The molecule has 9 heteroatoms. The molecule has 0 aliphatic carbocycles. The third-order valence-corrected chi connectivity index (χ3v) is 2.93. The fourth-order valence-electron chi connectivity index (χ4n) is 2.07. The van der Waals surface area contributed by atoms with Crippen molar-refractivity contribution >= 4 is 29.5 Å². The van der Waals surface area contributed by atoms with E-state index in [0.29, 0.717) is 0 Å². The molecule has 0 unspecified atom stereocenters. The van der Waals surface area contributed by atoms with Gasteiger partial charge in [0.25, 0.3) is 0 Å². The predicted octanol–water partition coefficient (Wildman–Crippen LogP) is 0.741. The number of hydrogen-bond acceptors (Lipinski definition) is 8. The number of halogens is 1. The van der Waals surface area contributed by atoms with E-state index in [2.05, 4.69) is 0 Å². The quantitative estimate of drug-likeness (QED) is 0.397. The molecule has 4 atom stereocenters. The summed E-state index contributed by atoms with van der Waals surface area (Å²) in [4.78, 5) is 33.4. The van der Waals surface area contributed by atoms with Crippen molar-refractivity contribution in [3.8, 4) is 0 Å². The van der Waals surface area contributed by atoms with E-state index in [1.54, 1.807) is 0 Å². The Morgan fingerprint density at radius 1 is 1.09 bits per heavy atom. The molecular weight excluding hydrogens is 320 g/mol. The summed E-state index contributed by atoms with van der Waals surface area (Å²) in [5.41, 5.74) is 0. The van der Waals surface area contributed by atoms with Crippen molar-refractivity contribution in [2.45, 2.75) is 51.8 Å². The summed E-state index contributed by atoms with van der Waals surface area (Å²) >= 11 is 5.50. The van der Waals surface area contributed by atoms with Gasteiger partial charge in [-0.25, -0.2) is 0 Å². The molecule has 0 amide bonds. The normalized spacial score (nSPS) is 27.8. The highest BCUT2D eigenvalue weighted by Gasteiger charge is 2.44. The fourth-order valence-corrected chi connectivity index (χ4v) is 2.21. The van der Waals surface area contributed by atoms with Crippen molar-refractivity contribution in [2.24, 2.45) is 0 Å². The van der Waals surface area contributed by atoms with Crippen molar-refractivity contribution in [1.82, 2.24) is 0 Å². The highest BCUT2D eigenvalue weighted by Crippen LogP contribution is 2.27. The summed E-state index contributed by atoms with van der Waals surface area (Å²) in [5, 5.41) is 0. The highest BCUT2D eigenvalue weighted by atomic mass is 35.5. The Morgan fingerprint density at radius 2 is 1.73 bits per heavy atom. The molecule has 1 aliphatic rings. The van der Waals surface area contributed by atoms with Crippen LogP contribution in [-0.4, -0.2) is 55.2 Å². The lowest BCUT2D eigenvalue weighted by Gasteiger charge is -2.39. The largest absolute Gasteiger partial charge is 0.463 e. The number of ether oxygens (including phenoxy) is 5. The van der Waals surface area contributed by atoms with Gasteiger partial charge >= 0.3 is 17.9 Å². The van der Waals surface area contributed by atoms with Crippen molar-refractivity contribution < 1.29 is 38.1 Å². The first-order valence-corrected chi connectivity index (χ1v) is 7.17. The van der Waals surface area contributed by atoms with Gasteiger partial charge in [-0.2, -0.15) is 0 Å². The molecule has 1 heterocycles. The smallest absolute Gasteiger partial charge is 0.303 e. The van der Waals surface area contributed by atoms with Crippen LogP contribution >= 0.6 is 11.6 Å². The molecule has 8 nitrogen and oxygen atoms in total. The van der Waals surface area contributed by atoms with Gasteiger partial charge < -0.3 is 23.7 Å². The highest BCUT2D eigenvalue weighted by molar-refractivity contribution is 6.17. The van der Waals surface area contributed by atoms with E-state index < -0.39 is 42.5 Å². The maximum absolute atomic E-state index is 11.3. The molecule has 0 spiro atoms. The first-order chi connectivity index (χ1) is 10.3. The second kappa shape index (κ2) is 8.92. The number of alkyl halides is 1. The van der Waals surface area contributed by atoms with Gasteiger partial charge in [-0.15, -0.1) is 0 Å². The van der Waals surface area contributed by atoms with Gasteiger partial charge in [0.05, 0.1) is 0 Å². The minimum absolute atomic E-state index is 0.129. The average Bonchev–Trinajstić information content (AvgIpc) is 2.38. The number of hydrogen-bond donors (Lipinski definition) is 0. The molecular formula is C13H19ClO8. The van der Waals surface area contributed by atoms with Crippen molar-refractivity contribution in [1.29, 1.82) is 0 Å². The zero-order valence-corrected chi connectivity index (χ0v) is 13.3. The van der Waals surface area contributed by atoms with E-state index in [1.807, 2.05) is 0 Å². The van der Waals surface area contributed by atoms with E-state index in [4.69, 9.17) is 35.3 Å². The summed E-state index contributed by atoms with van der Waals surface area (Å²) in [6, 6.07) is -0.129. The van der Waals surface area contributed by atoms with Crippen molar-refractivity contribution in [2.75, 3.05) is 12.7 Å². The van der Waals surface area contributed by atoms with Gasteiger partial charge in [-0.3, -0.25) is 14.4 Å². The van der Waals surface area contributed by atoms with E-state index in [-0.39, 0.29) is 19.1 Å². The predicted molar refractivity (Wildman–Crippen MR) is 72.8 cm³/mol. The topological polar surface area (TPSA) is 97.4 Å². The number of carbonyl (C=O) groups excluding carboxylic acids is 3. The molecule has 1 rings (SSSR count). The number of carbonyl (C=O) groups is 3. The van der Waals surface area contributed by atoms with E-state index in [9.17, 15) is 14.4 Å². The Morgan fingerprint density at radius 3 is 2.23 bits per heavy atom. The van der Waals surface area contributed by atoms with Crippen LogP contribution in [0.1, 0.15) is 27.2 Å². The zero-order valence-electron chi connectivity index (χ0n) is 12.6. The van der Waals surface area contributed by atoms with Crippen LogP contribution in [0.25, 0.3) is 0 Å². The van der Waals surface area contributed by atoms with Gasteiger partial charge in [0.1, 0.15) is 24.9 Å². The van der Waals surface area contributed by atoms with Crippen LogP contribution in [-0.2, 0) is 38.1 Å². The first kappa shape index (κ1) is 18.7. The Bertz CT molecular complexity index is 413. The molecule has 0 aromatic carbocycles. The van der Waals surface area contributed by atoms with Crippen LogP contribution in [0, 0.1) is 0 Å². The molecule has 0 bridgehead atoms. The maximum atomic E-state index is 11.3. The van der Waals surface area contributed by atoms with E-state index in [0.717, 1.165) is 0 Å². The average molecular weight is 339 g/mol.